The number of aliphatic hydroxyl groups is 1. The van der Waals surface area contributed by atoms with Gasteiger partial charge in [0.05, 0.1) is 15.4 Å². The maximum absolute atomic E-state index is 11.2. The average Bonchev–Trinajstić information content (AvgIpc) is 2.81. The van der Waals surface area contributed by atoms with Crippen LogP contribution in [0.2, 0.25) is 4.34 Å². The van der Waals surface area contributed by atoms with Gasteiger partial charge in [-0.05, 0) is 25.1 Å². The Morgan fingerprint density at radius 3 is 2.76 bits per heavy atom. The minimum Gasteiger partial charge on any atom is -0.481 e. The number of rotatable bonds is 5. The molecule has 0 aliphatic rings. The Hall–Kier alpha value is -1.15. The second-order valence-electron chi connectivity index (χ2n) is 4.27. The zero-order valence-corrected chi connectivity index (χ0v) is 14.0. The van der Waals surface area contributed by atoms with Crippen LogP contribution < -0.4 is 4.74 Å². The molecule has 1 aromatic carbocycles. The Balaban J connectivity index is 2.37. The molecule has 8 heteroatoms. The Morgan fingerprint density at radius 1 is 1.52 bits per heavy atom. The molecule has 1 atom stereocenters. The fourth-order valence-corrected chi connectivity index (χ4v) is 3.24. The quantitative estimate of drug-likeness (QED) is 0.591. The van der Waals surface area contributed by atoms with E-state index in [9.17, 15) is 15.2 Å². The summed E-state index contributed by atoms with van der Waals surface area (Å²) in [5.74, 6) is 0.0720. The number of nitro groups is 1. The summed E-state index contributed by atoms with van der Waals surface area (Å²) in [6, 6.07) is 6.48. The van der Waals surface area contributed by atoms with Gasteiger partial charge >= 0.3 is 5.69 Å². The van der Waals surface area contributed by atoms with Gasteiger partial charge in [-0.2, -0.15) is 0 Å². The van der Waals surface area contributed by atoms with Crippen LogP contribution in [0.25, 0.3) is 0 Å². The number of aliphatic hydroxyl groups excluding tert-OH is 1. The summed E-state index contributed by atoms with van der Waals surface area (Å²) in [7, 11) is 0. The van der Waals surface area contributed by atoms with Gasteiger partial charge in [0, 0.05) is 21.0 Å². The highest BCUT2D eigenvalue weighted by molar-refractivity contribution is 9.10. The van der Waals surface area contributed by atoms with E-state index in [4.69, 9.17) is 16.3 Å². The van der Waals surface area contributed by atoms with Crippen LogP contribution in [0.15, 0.2) is 28.7 Å². The topological polar surface area (TPSA) is 72.6 Å². The number of nitro benzene ring substituents is 1. The van der Waals surface area contributed by atoms with Gasteiger partial charge in [0.2, 0.25) is 5.75 Å². The molecule has 0 unspecified atom stereocenters. The minimum atomic E-state index is -0.886. The number of ether oxygens (including phenoxy) is 1. The van der Waals surface area contributed by atoms with E-state index in [1.165, 1.54) is 24.3 Å². The smallest absolute Gasteiger partial charge is 0.312 e. The zero-order chi connectivity index (χ0) is 15.6. The van der Waals surface area contributed by atoms with E-state index in [1.54, 1.807) is 18.2 Å². The highest BCUT2D eigenvalue weighted by atomic mass is 79.9. The normalized spacial score (nSPS) is 12.2. The third kappa shape index (κ3) is 3.94. The van der Waals surface area contributed by atoms with Crippen molar-refractivity contribution in [3.8, 4) is 5.75 Å². The molecule has 0 fully saturated rings. The number of halogens is 2. The lowest BCUT2D eigenvalue weighted by Gasteiger charge is -2.13. The van der Waals surface area contributed by atoms with Crippen molar-refractivity contribution in [3.05, 3.63) is 53.6 Å². The van der Waals surface area contributed by atoms with E-state index in [1.807, 2.05) is 0 Å². The second kappa shape index (κ2) is 6.74. The second-order valence-corrected chi connectivity index (χ2v) is 6.99. The third-order valence-corrected chi connectivity index (χ3v) is 4.36. The highest BCUT2D eigenvalue weighted by Gasteiger charge is 2.23. The van der Waals surface area contributed by atoms with Crippen LogP contribution in [0.5, 0.6) is 5.75 Å². The molecule has 0 radical (unpaired) electrons. The summed E-state index contributed by atoms with van der Waals surface area (Å²) in [5, 5.41) is 21.0. The van der Waals surface area contributed by atoms with Crippen molar-refractivity contribution in [1.29, 1.82) is 0 Å². The van der Waals surface area contributed by atoms with Crippen molar-refractivity contribution in [2.45, 2.75) is 19.6 Å². The minimum absolute atomic E-state index is 0.0720. The predicted molar refractivity (Wildman–Crippen MR) is 85.1 cm³/mol. The molecule has 0 saturated heterocycles. The van der Waals surface area contributed by atoms with E-state index in [2.05, 4.69) is 15.9 Å². The largest absolute Gasteiger partial charge is 0.481 e. The summed E-state index contributed by atoms with van der Waals surface area (Å²) in [5.41, 5.74) is 0.168. The standard InChI is InChI=1S/C13H11BrClNO4S/c1-7(17)10-4-8(14)5-11(16(18)19)13(10)20-6-9-2-3-12(15)21-9/h2-5,7,17H,6H2,1H3/t7-/m1/s1. The molecule has 1 aromatic heterocycles. The van der Waals surface area contributed by atoms with Crippen molar-refractivity contribution < 1.29 is 14.8 Å². The van der Waals surface area contributed by atoms with Crippen LogP contribution in [-0.2, 0) is 6.61 Å². The van der Waals surface area contributed by atoms with E-state index < -0.39 is 11.0 Å². The number of benzene rings is 1. The average molecular weight is 393 g/mol. The Labute approximate surface area is 138 Å². The number of hydrogen-bond acceptors (Lipinski definition) is 5. The van der Waals surface area contributed by atoms with E-state index in [-0.39, 0.29) is 18.0 Å². The number of hydrogen-bond donors (Lipinski definition) is 1. The highest BCUT2D eigenvalue weighted by Crippen LogP contribution is 2.38. The maximum atomic E-state index is 11.2. The van der Waals surface area contributed by atoms with Crippen LogP contribution in [-0.4, -0.2) is 10.0 Å². The molecular weight excluding hydrogens is 382 g/mol. The summed E-state index contributed by atoms with van der Waals surface area (Å²) in [4.78, 5) is 11.5. The first kappa shape index (κ1) is 16.2. The van der Waals surface area contributed by atoms with Gasteiger partial charge in [0.25, 0.3) is 0 Å². The number of thiophene rings is 1. The summed E-state index contributed by atoms with van der Waals surface area (Å²) < 4.78 is 6.71. The van der Waals surface area contributed by atoms with Gasteiger partial charge in [-0.25, -0.2) is 0 Å². The Morgan fingerprint density at radius 2 is 2.24 bits per heavy atom. The van der Waals surface area contributed by atoms with Crippen LogP contribution in [0.4, 0.5) is 5.69 Å². The van der Waals surface area contributed by atoms with Gasteiger partial charge in [-0.15, -0.1) is 11.3 Å². The molecule has 112 valence electrons. The van der Waals surface area contributed by atoms with Crippen molar-refractivity contribution in [2.75, 3.05) is 0 Å². The van der Waals surface area contributed by atoms with Crippen LogP contribution in [0, 0.1) is 10.1 Å². The third-order valence-electron chi connectivity index (χ3n) is 2.70. The van der Waals surface area contributed by atoms with Gasteiger partial charge in [0.15, 0.2) is 0 Å². The molecule has 0 aliphatic heterocycles. The lowest BCUT2D eigenvalue weighted by Crippen LogP contribution is -2.04. The summed E-state index contributed by atoms with van der Waals surface area (Å²) in [6.45, 7) is 1.68. The molecule has 2 rings (SSSR count). The Bertz CT molecular complexity index is 674. The molecule has 0 amide bonds. The van der Waals surface area contributed by atoms with Gasteiger partial charge in [-0.3, -0.25) is 10.1 Å². The van der Waals surface area contributed by atoms with Crippen molar-refractivity contribution in [2.24, 2.45) is 0 Å². The van der Waals surface area contributed by atoms with Crippen LogP contribution in [0.1, 0.15) is 23.5 Å². The lowest BCUT2D eigenvalue weighted by atomic mass is 10.1. The zero-order valence-electron chi connectivity index (χ0n) is 10.9. The molecule has 21 heavy (non-hydrogen) atoms. The molecule has 0 saturated carbocycles. The van der Waals surface area contributed by atoms with E-state index in [0.29, 0.717) is 14.4 Å². The molecular formula is C13H11BrClNO4S. The SMILES string of the molecule is C[C@@H](O)c1cc(Br)cc([N+](=O)[O-])c1OCc1ccc(Cl)s1. The maximum Gasteiger partial charge on any atom is 0.312 e. The molecule has 0 bridgehead atoms. The monoisotopic (exact) mass is 391 g/mol. The first-order valence-corrected chi connectivity index (χ1v) is 7.90. The molecule has 2 aromatic rings. The summed E-state index contributed by atoms with van der Waals surface area (Å²) >= 11 is 10.4. The molecule has 5 nitrogen and oxygen atoms in total. The van der Waals surface area contributed by atoms with Gasteiger partial charge in [0.1, 0.15) is 6.61 Å². The van der Waals surface area contributed by atoms with Crippen molar-refractivity contribution in [3.63, 3.8) is 0 Å². The molecule has 0 aliphatic carbocycles. The predicted octanol–water partition coefficient (Wildman–Crippen LogP) is 4.70. The lowest BCUT2D eigenvalue weighted by molar-refractivity contribution is -0.386. The fourth-order valence-electron chi connectivity index (χ4n) is 1.78. The van der Waals surface area contributed by atoms with Gasteiger partial charge < -0.3 is 9.84 Å². The molecule has 0 spiro atoms. The fraction of sp³-hybridized carbons (Fsp3) is 0.231. The molecule has 1 heterocycles. The van der Waals surface area contributed by atoms with E-state index in [0.717, 1.165) is 4.88 Å². The summed E-state index contributed by atoms with van der Waals surface area (Å²) in [6.07, 6.45) is -0.886. The van der Waals surface area contributed by atoms with Crippen molar-refractivity contribution in [1.82, 2.24) is 0 Å². The van der Waals surface area contributed by atoms with E-state index >= 15 is 0 Å². The van der Waals surface area contributed by atoms with Gasteiger partial charge in [-0.1, -0.05) is 27.5 Å². The van der Waals surface area contributed by atoms with Crippen LogP contribution in [0.3, 0.4) is 0 Å². The van der Waals surface area contributed by atoms with Crippen LogP contribution >= 0.6 is 38.9 Å². The first-order chi connectivity index (χ1) is 9.88. The first-order valence-electron chi connectivity index (χ1n) is 5.91. The number of nitrogens with zero attached hydrogens (tertiary/aromatic N) is 1. The Kier molecular flexibility index (Phi) is 5.21. The van der Waals surface area contributed by atoms with Crippen molar-refractivity contribution >= 4 is 44.6 Å². The molecule has 1 N–H and O–H groups in total.